The molecule has 5 nitrogen and oxygen atoms in total. The third-order valence-corrected chi connectivity index (χ3v) is 4.84. The highest BCUT2D eigenvalue weighted by Gasteiger charge is 2.35. The van der Waals surface area contributed by atoms with Gasteiger partial charge >= 0.3 is 0 Å². The van der Waals surface area contributed by atoms with Gasteiger partial charge in [0.15, 0.2) is 0 Å². The predicted octanol–water partition coefficient (Wildman–Crippen LogP) is 2.20. The number of carbonyl (C=O) groups excluding carboxylic acids is 2. The molecule has 2 aliphatic rings. The summed E-state index contributed by atoms with van der Waals surface area (Å²) in [7, 11) is 1.87. The van der Waals surface area contributed by atoms with Crippen LogP contribution in [0, 0.1) is 11.8 Å². The molecule has 5 heteroatoms. The van der Waals surface area contributed by atoms with Crippen LogP contribution in [0.15, 0.2) is 0 Å². The van der Waals surface area contributed by atoms with Gasteiger partial charge < -0.3 is 9.64 Å². The maximum absolute atomic E-state index is 12.6. The quantitative estimate of drug-likeness (QED) is 0.777. The third-order valence-electron chi connectivity index (χ3n) is 4.84. The van der Waals surface area contributed by atoms with Crippen molar-refractivity contribution in [2.45, 2.75) is 46.5 Å². The van der Waals surface area contributed by atoms with Crippen molar-refractivity contribution in [3.63, 3.8) is 0 Å². The van der Waals surface area contributed by atoms with E-state index in [1.807, 2.05) is 25.8 Å². The number of carbonyl (C=O) groups is 2. The lowest BCUT2D eigenvalue weighted by molar-refractivity contribution is -0.141. The molecule has 0 aromatic carbocycles. The number of Topliss-reactive ketones (excluding diaryl/α,β-unsaturated/α-hetero) is 1. The monoisotopic (exact) mass is 326 g/mol. The van der Waals surface area contributed by atoms with Gasteiger partial charge in [-0.1, -0.05) is 26.7 Å². The van der Waals surface area contributed by atoms with Gasteiger partial charge in [0, 0.05) is 45.1 Å². The van der Waals surface area contributed by atoms with Gasteiger partial charge in [-0.3, -0.25) is 14.5 Å². The molecule has 2 atom stereocenters. The van der Waals surface area contributed by atoms with E-state index in [-0.39, 0.29) is 23.5 Å². The summed E-state index contributed by atoms with van der Waals surface area (Å²) in [5, 5.41) is 0. The van der Waals surface area contributed by atoms with E-state index in [1.54, 1.807) is 6.92 Å². The SMILES string of the molecule is CC.CC(=O)[C@H]1CCCC[C@H]1C(=O)N(C)CCN1CCOCC1. The summed E-state index contributed by atoms with van der Waals surface area (Å²) >= 11 is 0. The highest BCUT2D eigenvalue weighted by Crippen LogP contribution is 2.31. The van der Waals surface area contributed by atoms with Gasteiger partial charge in [0.2, 0.25) is 5.91 Å². The molecule has 23 heavy (non-hydrogen) atoms. The smallest absolute Gasteiger partial charge is 0.226 e. The molecule has 1 saturated carbocycles. The normalized spacial score (nSPS) is 25.2. The standard InChI is InChI=1S/C16H28N2O3.C2H6/c1-13(19)14-5-3-4-6-15(14)16(20)17(2)7-8-18-9-11-21-12-10-18;1-2/h14-15H,3-12H2,1-2H3;1-2H3/t14-,15-;/m1./s1. The lowest BCUT2D eigenvalue weighted by Crippen LogP contribution is -2.45. The van der Waals surface area contributed by atoms with E-state index in [0.29, 0.717) is 0 Å². The Kier molecular flexibility index (Phi) is 9.41. The molecule has 2 rings (SSSR count). The highest BCUT2D eigenvalue weighted by molar-refractivity contribution is 5.87. The molecule has 1 saturated heterocycles. The zero-order valence-electron chi connectivity index (χ0n) is 15.3. The molecule has 2 fully saturated rings. The minimum absolute atomic E-state index is 0.0583. The number of amides is 1. The second-order valence-electron chi connectivity index (χ2n) is 6.32. The molecular formula is C18H34N2O3. The number of rotatable bonds is 5. The Hall–Kier alpha value is -0.940. The van der Waals surface area contributed by atoms with Crippen LogP contribution in [0.2, 0.25) is 0 Å². The molecular weight excluding hydrogens is 292 g/mol. The van der Waals surface area contributed by atoms with E-state index in [1.165, 1.54) is 0 Å². The minimum atomic E-state index is -0.0917. The van der Waals surface area contributed by atoms with Gasteiger partial charge in [-0.2, -0.15) is 0 Å². The first-order chi connectivity index (χ1) is 11.1. The molecule has 1 aliphatic carbocycles. The molecule has 0 aromatic heterocycles. The van der Waals surface area contributed by atoms with Crippen LogP contribution in [0.5, 0.6) is 0 Å². The predicted molar refractivity (Wildman–Crippen MR) is 92.4 cm³/mol. The summed E-state index contributed by atoms with van der Waals surface area (Å²) in [6, 6.07) is 0. The molecule has 1 heterocycles. The van der Waals surface area contributed by atoms with Crippen molar-refractivity contribution < 1.29 is 14.3 Å². The van der Waals surface area contributed by atoms with Gasteiger partial charge in [-0.25, -0.2) is 0 Å². The third kappa shape index (κ3) is 6.22. The molecule has 1 amide bonds. The van der Waals surface area contributed by atoms with Crippen LogP contribution in [0.25, 0.3) is 0 Å². The van der Waals surface area contributed by atoms with Crippen LogP contribution in [0.3, 0.4) is 0 Å². The number of likely N-dealkylation sites (N-methyl/N-ethyl adjacent to an activating group) is 1. The topological polar surface area (TPSA) is 49.9 Å². The first kappa shape index (κ1) is 20.1. The number of morpholine rings is 1. The summed E-state index contributed by atoms with van der Waals surface area (Å²) in [4.78, 5) is 28.5. The maximum atomic E-state index is 12.6. The Balaban J connectivity index is 0.00000127. The Bertz CT molecular complexity index is 367. The fourth-order valence-electron chi connectivity index (χ4n) is 3.42. The van der Waals surface area contributed by atoms with Crippen molar-refractivity contribution in [2.75, 3.05) is 46.4 Å². The largest absolute Gasteiger partial charge is 0.379 e. The number of nitrogens with zero attached hydrogens (tertiary/aromatic N) is 2. The van der Waals surface area contributed by atoms with Gasteiger partial charge in [0.25, 0.3) is 0 Å². The summed E-state index contributed by atoms with van der Waals surface area (Å²) < 4.78 is 5.33. The van der Waals surface area contributed by atoms with Crippen molar-refractivity contribution in [2.24, 2.45) is 11.8 Å². The number of hydrogen-bond donors (Lipinski definition) is 0. The molecule has 1 aliphatic heterocycles. The lowest BCUT2D eigenvalue weighted by Gasteiger charge is -2.33. The van der Waals surface area contributed by atoms with E-state index < -0.39 is 0 Å². The molecule has 0 aromatic rings. The molecule has 0 N–H and O–H groups in total. The summed E-state index contributed by atoms with van der Waals surface area (Å²) in [6.07, 6.45) is 3.89. The van der Waals surface area contributed by atoms with E-state index in [4.69, 9.17) is 4.74 Å². The van der Waals surface area contributed by atoms with Crippen molar-refractivity contribution in [1.82, 2.24) is 9.80 Å². The van der Waals surface area contributed by atoms with Gasteiger partial charge in [0.05, 0.1) is 13.2 Å². The Morgan fingerprint density at radius 1 is 1.09 bits per heavy atom. The Morgan fingerprint density at radius 3 is 2.22 bits per heavy atom. The summed E-state index contributed by atoms with van der Waals surface area (Å²) in [5.74, 6) is 0.181. The van der Waals surface area contributed by atoms with Crippen LogP contribution >= 0.6 is 0 Å². The van der Waals surface area contributed by atoms with Crippen molar-refractivity contribution in [3.05, 3.63) is 0 Å². The lowest BCUT2D eigenvalue weighted by atomic mass is 9.76. The van der Waals surface area contributed by atoms with Crippen LogP contribution in [0.1, 0.15) is 46.5 Å². The number of ketones is 1. The van der Waals surface area contributed by atoms with E-state index in [0.717, 1.165) is 65.1 Å². The van der Waals surface area contributed by atoms with Crippen LogP contribution in [-0.4, -0.2) is 67.9 Å². The van der Waals surface area contributed by atoms with E-state index >= 15 is 0 Å². The van der Waals surface area contributed by atoms with Gasteiger partial charge in [-0.05, 0) is 19.8 Å². The van der Waals surface area contributed by atoms with Crippen molar-refractivity contribution in [1.29, 1.82) is 0 Å². The first-order valence-corrected chi connectivity index (χ1v) is 9.15. The average Bonchev–Trinajstić information content (AvgIpc) is 2.61. The fourth-order valence-corrected chi connectivity index (χ4v) is 3.42. The Labute approximate surface area is 141 Å². The van der Waals surface area contributed by atoms with E-state index in [2.05, 4.69) is 4.90 Å². The van der Waals surface area contributed by atoms with Crippen LogP contribution < -0.4 is 0 Å². The highest BCUT2D eigenvalue weighted by atomic mass is 16.5. The average molecular weight is 326 g/mol. The van der Waals surface area contributed by atoms with Gasteiger partial charge in [0.1, 0.15) is 5.78 Å². The second kappa shape index (κ2) is 10.8. The Morgan fingerprint density at radius 2 is 1.65 bits per heavy atom. The van der Waals surface area contributed by atoms with Gasteiger partial charge in [-0.15, -0.1) is 0 Å². The van der Waals surface area contributed by atoms with Crippen molar-refractivity contribution >= 4 is 11.7 Å². The first-order valence-electron chi connectivity index (χ1n) is 9.15. The van der Waals surface area contributed by atoms with Crippen molar-refractivity contribution in [3.8, 4) is 0 Å². The molecule has 0 spiro atoms. The molecule has 0 bridgehead atoms. The minimum Gasteiger partial charge on any atom is -0.379 e. The zero-order chi connectivity index (χ0) is 17.2. The molecule has 0 radical (unpaired) electrons. The number of hydrogen-bond acceptors (Lipinski definition) is 4. The number of ether oxygens (including phenoxy) is 1. The van der Waals surface area contributed by atoms with E-state index in [9.17, 15) is 9.59 Å². The summed E-state index contributed by atoms with van der Waals surface area (Å²) in [6.45, 7) is 10.7. The fraction of sp³-hybridized carbons (Fsp3) is 0.889. The summed E-state index contributed by atoms with van der Waals surface area (Å²) in [5.41, 5.74) is 0. The van der Waals surface area contributed by atoms with Crippen LogP contribution in [0.4, 0.5) is 0 Å². The van der Waals surface area contributed by atoms with Crippen LogP contribution in [-0.2, 0) is 14.3 Å². The molecule has 134 valence electrons. The molecule has 0 unspecified atom stereocenters. The maximum Gasteiger partial charge on any atom is 0.226 e. The zero-order valence-corrected chi connectivity index (χ0v) is 15.3. The second-order valence-corrected chi connectivity index (χ2v) is 6.32.